The molecule has 0 bridgehead atoms. The number of amides is 1. The highest BCUT2D eigenvalue weighted by Crippen LogP contribution is 2.46. The van der Waals surface area contributed by atoms with Crippen LogP contribution in [0.25, 0.3) is 10.9 Å². The van der Waals surface area contributed by atoms with Crippen LogP contribution < -0.4 is 10.1 Å². The molecule has 2 aliphatic heterocycles. The molecule has 13 nitrogen and oxygen atoms in total. The SMILES string of the molecule is CC1=CC(C(=O)c2ccccc2O)=CN2CCc3c([nH]c4ccc(OCC(=O)NCCCCCC(=O)OC(C)(C)C)cc34)[C@]12C.O=C=O.O=C=O. The number of allylic oxidation sites excluding steroid dienone is 2. The van der Waals surface area contributed by atoms with Gasteiger partial charge in [0.1, 0.15) is 17.1 Å². The van der Waals surface area contributed by atoms with Crippen LogP contribution in [-0.4, -0.2) is 70.3 Å². The molecule has 1 aromatic heterocycles. The topological polar surface area (TPSA) is 189 Å². The molecule has 0 fully saturated rings. The molecule has 13 heteroatoms. The van der Waals surface area contributed by atoms with Gasteiger partial charge in [0, 0.05) is 47.9 Å². The Bertz CT molecular complexity index is 1860. The van der Waals surface area contributed by atoms with Crippen LogP contribution in [0.15, 0.2) is 65.9 Å². The third-order valence-electron chi connectivity index (χ3n) is 8.56. The first-order chi connectivity index (χ1) is 24.2. The lowest BCUT2D eigenvalue weighted by molar-refractivity contribution is -0.193. The molecule has 5 rings (SSSR count). The fourth-order valence-electron chi connectivity index (χ4n) is 6.12. The summed E-state index contributed by atoms with van der Waals surface area (Å²) in [5, 5.41) is 14.2. The summed E-state index contributed by atoms with van der Waals surface area (Å²) < 4.78 is 11.2. The van der Waals surface area contributed by atoms with Gasteiger partial charge in [-0.2, -0.15) is 19.2 Å². The van der Waals surface area contributed by atoms with Gasteiger partial charge >= 0.3 is 18.3 Å². The lowest BCUT2D eigenvalue weighted by atomic mass is 9.78. The number of phenols is 1. The number of nitrogens with one attached hydrogen (secondary N) is 2. The number of para-hydroxylation sites is 1. The van der Waals surface area contributed by atoms with Gasteiger partial charge in [0.05, 0.1) is 11.1 Å². The summed E-state index contributed by atoms with van der Waals surface area (Å²) >= 11 is 0. The van der Waals surface area contributed by atoms with Crippen molar-refractivity contribution in [2.45, 2.75) is 77.9 Å². The van der Waals surface area contributed by atoms with Crippen molar-refractivity contribution in [3.8, 4) is 11.5 Å². The Labute approximate surface area is 295 Å². The van der Waals surface area contributed by atoms with E-state index in [2.05, 4.69) is 22.1 Å². The molecule has 1 amide bonds. The number of carbonyl (C=O) groups excluding carboxylic acids is 7. The van der Waals surface area contributed by atoms with Crippen molar-refractivity contribution in [1.29, 1.82) is 0 Å². The number of Topliss-reactive ketones (excluding diaryl/α,β-unsaturated/α-hetero) is 1. The average molecular weight is 702 g/mol. The molecule has 3 N–H and O–H groups in total. The molecule has 51 heavy (non-hydrogen) atoms. The molecule has 0 saturated carbocycles. The molecule has 0 saturated heterocycles. The first-order valence-electron chi connectivity index (χ1n) is 16.4. The minimum absolute atomic E-state index is 0.0259. The smallest absolute Gasteiger partial charge is 0.373 e. The maximum Gasteiger partial charge on any atom is 0.373 e. The number of rotatable bonds is 11. The number of fused-ring (bicyclic) bond motifs is 5. The Morgan fingerprint density at radius 3 is 2.37 bits per heavy atom. The Hall–Kier alpha value is -5.77. The fraction of sp³-hybridized carbons (Fsp3) is 0.395. The number of carbonyl (C=O) groups is 3. The Balaban J connectivity index is 0.00000109. The van der Waals surface area contributed by atoms with Gasteiger partial charge in [-0.05, 0) is 101 Å². The van der Waals surface area contributed by atoms with Gasteiger partial charge < -0.3 is 29.8 Å². The molecule has 0 aliphatic carbocycles. The van der Waals surface area contributed by atoms with Crippen molar-refractivity contribution in [2.24, 2.45) is 0 Å². The lowest BCUT2D eigenvalue weighted by Gasteiger charge is -2.47. The summed E-state index contributed by atoms with van der Waals surface area (Å²) in [5.41, 5.74) is 4.17. The molecule has 2 aromatic carbocycles. The number of benzene rings is 2. The van der Waals surface area contributed by atoms with Crippen molar-refractivity contribution in [2.75, 3.05) is 19.7 Å². The van der Waals surface area contributed by atoms with Gasteiger partial charge in [0.25, 0.3) is 5.91 Å². The summed E-state index contributed by atoms with van der Waals surface area (Å²) in [6, 6.07) is 12.4. The van der Waals surface area contributed by atoms with Gasteiger partial charge in [-0.1, -0.05) is 18.6 Å². The number of nitrogens with zero attached hydrogens (tertiary/aromatic N) is 1. The van der Waals surface area contributed by atoms with Crippen LogP contribution >= 0.6 is 0 Å². The second-order valence-electron chi connectivity index (χ2n) is 13.2. The second-order valence-corrected chi connectivity index (χ2v) is 13.2. The van der Waals surface area contributed by atoms with Crippen LogP contribution in [0, 0.1) is 0 Å². The number of H-pyrrole nitrogens is 1. The average Bonchev–Trinajstić information content (AvgIpc) is 3.45. The molecule has 1 atom stereocenters. The largest absolute Gasteiger partial charge is 0.507 e. The van der Waals surface area contributed by atoms with E-state index in [4.69, 9.17) is 28.7 Å². The van der Waals surface area contributed by atoms with E-state index in [0.29, 0.717) is 30.8 Å². The quantitative estimate of drug-likeness (QED) is 0.140. The van der Waals surface area contributed by atoms with E-state index in [1.807, 2.05) is 58.2 Å². The summed E-state index contributed by atoms with van der Waals surface area (Å²) in [7, 11) is 0. The van der Waals surface area contributed by atoms with E-state index in [0.717, 1.165) is 47.9 Å². The summed E-state index contributed by atoms with van der Waals surface area (Å²) in [6.07, 6.45) is 7.80. The highest BCUT2D eigenvalue weighted by Gasteiger charge is 2.43. The number of aromatic hydroxyl groups is 1. The van der Waals surface area contributed by atoms with Crippen molar-refractivity contribution in [3.05, 3.63) is 82.7 Å². The van der Waals surface area contributed by atoms with E-state index in [1.165, 1.54) is 11.6 Å². The molecule has 0 unspecified atom stereocenters. The van der Waals surface area contributed by atoms with E-state index >= 15 is 0 Å². The standard InChI is InChI=1S/C36H43N3O6.2CO2/c1-23-19-24(33(43)27-11-8-9-12-30(27)40)21-39-18-16-26-28-20-25(14-15-29(28)38-34(26)36(23,39)5)44-22-31(41)37-17-10-6-7-13-32(42)45-35(2,3)4;2*2-1-3/h8-9,11-12,14-15,19-21,38,40H,6-7,10,13,16-18,22H2,1-5H3,(H,37,41);;/t36-;;/m0../s1. The van der Waals surface area contributed by atoms with Gasteiger partial charge in [0.2, 0.25) is 0 Å². The van der Waals surface area contributed by atoms with Crippen LogP contribution in [0.5, 0.6) is 11.5 Å². The Morgan fingerprint density at radius 2 is 1.71 bits per heavy atom. The van der Waals surface area contributed by atoms with Crippen molar-refractivity contribution in [3.63, 3.8) is 0 Å². The number of ketones is 1. The number of hydrogen-bond acceptors (Lipinski definition) is 11. The number of aromatic nitrogens is 1. The first kappa shape index (κ1) is 39.7. The normalized spacial score (nSPS) is 15.8. The number of esters is 1. The van der Waals surface area contributed by atoms with Crippen LogP contribution in [0.1, 0.15) is 81.9 Å². The third kappa shape index (κ3) is 10.1. The molecule has 3 heterocycles. The van der Waals surface area contributed by atoms with Gasteiger partial charge in [-0.25, -0.2) is 0 Å². The molecule has 3 aromatic rings. The maximum absolute atomic E-state index is 13.3. The predicted molar refractivity (Wildman–Crippen MR) is 183 cm³/mol. The van der Waals surface area contributed by atoms with Crippen LogP contribution in [0.4, 0.5) is 0 Å². The van der Waals surface area contributed by atoms with E-state index < -0.39 is 11.1 Å². The minimum Gasteiger partial charge on any atom is -0.507 e. The van der Waals surface area contributed by atoms with Gasteiger partial charge in [-0.3, -0.25) is 14.4 Å². The van der Waals surface area contributed by atoms with Crippen molar-refractivity contribution in [1.82, 2.24) is 15.2 Å². The molecule has 270 valence electrons. The zero-order valence-corrected chi connectivity index (χ0v) is 29.4. The zero-order chi connectivity index (χ0) is 37.8. The molecule has 0 spiro atoms. The van der Waals surface area contributed by atoms with Crippen LogP contribution in [0.2, 0.25) is 0 Å². The number of aromatic amines is 1. The highest BCUT2D eigenvalue weighted by atomic mass is 16.6. The lowest BCUT2D eigenvalue weighted by Crippen LogP contribution is -2.48. The monoisotopic (exact) mass is 701 g/mol. The summed E-state index contributed by atoms with van der Waals surface area (Å²) in [5.74, 6) is 0.00433. The van der Waals surface area contributed by atoms with E-state index in [-0.39, 0.29) is 47.9 Å². The second kappa shape index (κ2) is 17.8. The molecule has 0 radical (unpaired) electrons. The third-order valence-corrected chi connectivity index (χ3v) is 8.56. The minimum atomic E-state index is -0.471. The van der Waals surface area contributed by atoms with E-state index in [1.54, 1.807) is 18.2 Å². The molecular weight excluding hydrogens is 658 g/mol. The van der Waals surface area contributed by atoms with Gasteiger partial charge in [-0.15, -0.1) is 0 Å². The number of hydrogen-bond donors (Lipinski definition) is 3. The maximum atomic E-state index is 13.3. The summed E-state index contributed by atoms with van der Waals surface area (Å²) in [6.45, 7) is 10.9. The van der Waals surface area contributed by atoms with Crippen molar-refractivity contribution < 1.29 is 48.1 Å². The highest BCUT2D eigenvalue weighted by molar-refractivity contribution is 6.12. The number of ether oxygens (including phenoxy) is 2. The fourth-order valence-corrected chi connectivity index (χ4v) is 6.12. The van der Waals surface area contributed by atoms with E-state index in [9.17, 15) is 19.5 Å². The Morgan fingerprint density at radius 1 is 1.02 bits per heavy atom. The first-order valence-corrected chi connectivity index (χ1v) is 16.4. The molecular formula is C38H43N3O10. The number of unbranched alkanes of at least 4 members (excludes halogenated alkanes) is 2. The summed E-state index contributed by atoms with van der Waals surface area (Å²) in [4.78, 5) is 75.8. The van der Waals surface area contributed by atoms with Gasteiger partial charge in [0.15, 0.2) is 12.4 Å². The zero-order valence-electron chi connectivity index (χ0n) is 29.4. The Kier molecular flexibility index (Phi) is 13.8. The number of phenolic OH excluding ortho intramolecular Hbond substituents is 1. The van der Waals surface area contributed by atoms with Crippen LogP contribution in [0.3, 0.4) is 0 Å². The van der Waals surface area contributed by atoms with Crippen molar-refractivity contribution >= 4 is 40.9 Å². The van der Waals surface area contributed by atoms with Crippen LogP contribution in [-0.2, 0) is 45.5 Å². The predicted octanol–water partition coefficient (Wildman–Crippen LogP) is 4.90. The molecule has 2 aliphatic rings.